The minimum atomic E-state index is -6.52. The second kappa shape index (κ2) is 10.6. The third-order valence-corrected chi connectivity index (χ3v) is 7.79. The van der Waals surface area contributed by atoms with Crippen LogP contribution in [0.5, 0.6) is 5.75 Å². The summed E-state index contributed by atoms with van der Waals surface area (Å²) in [6.45, 7) is 0.481. The van der Waals surface area contributed by atoms with E-state index in [1.807, 2.05) is 0 Å². The molecule has 0 radical (unpaired) electrons. The lowest BCUT2D eigenvalue weighted by molar-refractivity contribution is -0.350. The second-order valence-electron chi connectivity index (χ2n) is 10.2. The molecule has 236 valence electrons. The van der Waals surface area contributed by atoms with E-state index in [0.29, 0.717) is 35.2 Å². The maximum atomic E-state index is 15.5. The quantitative estimate of drug-likeness (QED) is 0.215. The number of methoxy groups -OCH3 is 1. The molecule has 18 heteroatoms. The van der Waals surface area contributed by atoms with Gasteiger partial charge in [-0.25, -0.2) is 13.8 Å². The van der Waals surface area contributed by atoms with Crippen molar-refractivity contribution in [3.8, 4) is 28.8 Å². The van der Waals surface area contributed by atoms with E-state index in [-0.39, 0.29) is 28.3 Å². The Labute approximate surface area is 248 Å². The number of ether oxygens (including phenoxy) is 2. The van der Waals surface area contributed by atoms with Crippen molar-refractivity contribution in [2.75, 3.05) is 20.3 Å². The summed E-state index contributed by atoms with van der Waals surface area (Å²) in [6, 6.07) is 6.13. The van der Waals surface area contributed by atoms with E-state index < -0.39 is 58.8 Å². The molecule has 1 unspecified atom stereocenters. The van der Waals surface area contributed by atoms with E-state index in [0.717, 1.165) is 13.2 Å². The van der Waals surface area contributed by atoms with Crippen LogP contribution in [0.2, 0.25) is 5.02 Å². The molecule has 1 fully saturated rings. The lowest BCUT2D eigenvalue weighted by Crippen LogP contribution is -2.51. The number of carbonyl (C=O) groups excluding carboxylic acids is 1. The van der Waals surface area contributed by atoms with E-state index in [4.69, 9.17) is 21.1 Å². The van der Waals surface area contributed by atoms with E-state index in [1.54, 1.807) is 0 Å². The molecule has 2 aliphatic rings. The highest BCUT2D eigenvalue weighted by Crippen LogP contribution is 2.57. The number of amides is 1. The van der Waals surface area contributed by atoms with Crippen LogP contribution in [0.4, 0.5) is 35.1 Å². The maximum Gasteiger partial charge on any atom is 0.437 e. The van der Waals surface area contributed by atoms with Crippen LogP contribution in [0, 0.1) is 11.3 Å². The molecule has 3 aromatic rings. The molecule has 0 N–H and O–H groups in total. The smallest absolute Gasteiger partial charge is 0.437 e. The molecule has 1 aliphatic carbocycles. The van der Waals surface area contributed by atoms with Gasteiger partial charge in [0, 0.05) is 32.9 Å². The fourth-order valence-corrected chi connectivity index (χ4v) is 5.26. The molecule has 3 heterocycles. The summed E-state index contributed by atoms with van der Waals surface area (Å²) in [7, 11) is 2.39. The van der Waals surface area contributed by atoms with Gasteiger partial charge in [-0.05, 0) is 37.0 Å². The van der Waals surface area contributed by atoms with Gasteiger partial charge in [-0.1, -0.05) is 17.7 Å². The number of fused-ring (bicyclic) bond motifs is 3. The van der Waals surface area contributed by atoms with Gasteiger partial charge in [0.15, 0.2) is 17.3 Å². The van der Waals surface area contributed by atoms with E-state index in [9.17, 15) is 40.8 Å². The van der Waals surface area contributed by atoms with Crippen LogP contribution in [-0.2, 0) is 17.5 Å². The first-order valence-electron chi connectivity index (χ1n) is 12.8. The van der Waals surface area contributed by atoms with Gasteiger partial charge in [-0.2, -0.15) is 46.2 Å². The number of alkyl halides is 8. The first-order valence-corrected chi connectivity index (χ1v) is 13.2. The maximum absolute atomic E-state index is 15.5. The lowest BCUT2D eigenvalue weighted by Gasteiger charge is -2.30. The van der Waals surface area contributed by atoms with Crippen LogP contribution in [0.3, 0.4) is 0 Å². The van der Waals surface area contributed by atoms with Crippen LogP contribution in [-0.4, -0.2) is 68.5 Å². The summed E-state index contributed by atoms with van der Waals surface area (Å²) in [5.41, 5.74) is -9.74. The Morgan fingerprint density at radius 1 is 1.23 bits per heavy atom. The number of nitrogens with zero attached hydrogens (tertiary/aromatic N) is 6. The van der Waals surface area contributed by atoms with Gasteiger partial charge in [-0.3, -0.25) is 4.79 Å². The van der Waals surface area contributed by atoms with Crippen LogP contribution in [0.15, 0.2) is 24.4 Å². The monoisotopic (exact) mass is 652 g/mol. The van der Waals surface area contributed by atoms with Gasteiger partial charge in [0.05, 0.1) is 22.9 Å². The topological polar surface area (TPSA) is 98.2 Å². The predicted octanol–water partition coefficient (Wildman–Crippen LogP) is 6.11. The highest BCUT2D eigenvalue weighted by Gasteiger charge is 2.76. The molecule has 5 rings (SSSR count). The lowest BCUT2D eigenvalue weighted by atomic mass is 9.99. The van der Waals surface area contributed by atoms with Crippen molar-refractivity contribution < 1.29 is 49.4 Å². The largest absolute Gasteiger partial charge is 0.448 e. The number of aryl methyl sites for hydroxylation is 1. The van der Waals surface area contributed by atoms with Crippen LogP contribution in [0.25, 0.3) is 16.9 Å². The summed E-state index contributed by atoms with van der Waals surface area (Å²) in [5.74, 6) is -2.74. The number of rotatable bonds is 8. The van der Waals surface area contributed by atoms with E-state index in [1.165, 1.54) is 30.2 Å². The first-order chi connectivity index (χ1) is 20.5. The molecule has 0 bridgehead atoms. The van der Waals surface area contributed by atoms with E-state index in [2.05, 4.69) is 16.3 Å². The summed E-state index contributed by atoms with van der Waals surface area (Å²) >= 11 is 6.34. The minimum Gasteiger partial charge on any atom is -0.448 e. The van der Waals surface area contributed by atoms with Crippen molar-refractivity contribution in [3.63, 3.8) is 0 Å². The molecule has 0 spiro atoms. The van der Waals surface area contributed by atoms with Gasteiger partial charge in [-0.15, -0.1) is 0 Å². The Morgan fingerprint density at radius 3 is 2.45 bits per heavy atom. The van der Waals surface area contributed by atoms with Crippen molar-refractivity contribution >= 4 is 17.5 Å². The van der Waals surface area contributed by atoms with Crippen molar-refractivity contribution in [1.82, 2.24) is 24.5 Å². The number of hydrogen-bond donors (Lipinski definition) is 0. The molecular formula is C26H21ClF8N6O3. The molecule has 1 amide bonds. The van der Waals surface area contributed by atoms with Gasteiger partial charge < -0.3 is 14.4 Å². The summed E-state index contributed by atoms with van der Waals surface area (Å²) in [5, 5.41) is 16.7. The molecule has 44 heavy (non-hydrogen) atoms. The zero-order valence-corrected chi connectivity index (χ0v) is 23.5. The average molecular weight is 653 g/mol. The van der Waals surface area contributed by atoms with Gasteiger partial charge in [0.25, 0.3) is 12.3 Å². The number of aromatic nitrogens is 4. The summed E-state index contributed by atoms with van der Waals surface area (Å²) in [6.07, 6.45) is -13.4. The average Bonchev–Trinajstić information content (AvgIpc) is 3.49. The number of carbonyl (C=O) groups is 1. The molecule has 2 aromatic heterocycles. The number of halogens is 9. The Kier molecular flexibility index (Phi) is 7.60. The highest BCUT2D eigenvalue weighted by molar-refractivity contribution is 6.34. The zero-order chi connectivity index (χ0) is 32.4. The molecule has 1 aromatic carbocycles. The summed E-state index contributed by atoms with van der Waals surface area (Å²) < 4.78 is 122. The van der Waals surface area contributed by atoms with Crippen molar-refractivity contribution in [3.05, 3.63) is 46.4 Å². The third-order valence-electron chi connectivity index (χ3n) is 7.46. The standard InChI is InChI=1S/C26H21ClF8N6O3/c1-39-21-18(19(38-39)24(29,25(30,31)32)26(33,34)35)44-20(28)17-15(11-37-41(17)21)13-4-5-16(27)14(10-13)22(42)40(8-3-9-43-2)23(12-36)6-7-23/h4-5,10-11,20H,3,6-9H2,1-2H3. The molecule has 9 nitrogen and oxygen atoms in total. The molecule has 1 aliphatic heterocycles. The Bertz CT molecular complexity index is 1640. The molecule has 1 atom stereocenters. The highest BCUT2D eigenvalue weighted by atomic mass is 35.5. The molecular weight excluding hydrogens is 632 g/mol. The van der Waals surface area contributed by atoms with Crippen LogP contribution < -0.4 is 4.74 Å². The second-order valence-corrected chi connectivity index (χ2v) is 10.6. The Hall–Kier alpha value is -3.91. The van der Waals surface area contributed by atoms with E-state index >= 15 is 4.39 Å². The fourth-order valence-electron chi connectivity index (χ4n) is 5.06. The number of hydrogen-bond acceptors (Lipinski definition) is 6. The summed E-state index contributed by atoms with van der Waals surface area (Å²) in [4.78, 5) is 15.0. The Balaban J connectivity index is 1.59. The van der Waals surface area contributed by atoms with Crippen LogP contribution >= 0.6 is 11.6 Å². The fraction of sp³-hybridized carbons (Fsp3) is 0.462. The van der Waals surface area contributed by atoms with Gasteiger partial charge in [0.2, 0.25) is 0 Å². The minimum absolute atomic E-state index is 0.00420. The SMILES string of the molecule is COCCCN(C(=O)c1cc(-c2cnn3c2C(F)Oc2c(C(F)(C(F)(F)F)C(F)(F)F)nn(C)c2-3)ccc1Cl)C1(C#N)CC1. The number of nitriles is 1. The molecule has 1 saturated carbocycles. The number of benzene rings is 1. The zero-order valence-electron chi connectivity index (χ0n) is 22.7. The third kappa shape index (κ3) is 4.74. The predicted molar refractivity (Wildman–Crippen MR) is 135 cm³/mol. The van der Waals surface area contributed by atoms with Crippen LogP contribution in [0.1, 0.15) is 47.4 Å². The van der Waals surface area contributed by atoms with Crippen molar-refractivity contribution in [2.45, 2.75) is 49.2 Å². The van der Waals surface area contributed by atoms with Gasteiger partial charge >= 0.3 is 18.0 Å². The normalized spacial score (nSPS) is 17.4. The molecule has 0 saturated heterocycles. The Morgan fingerprint density at radius 2 is 1.89 bits per heavy atom. The van der Waals surface area contributed by atoms with Gasteiger partial charge in [0.1, 0.15) is 11.2 Å². The first kappa shape index (κ1) is 31.5. The van der Waals surface area contributed by atoms with Crippen molar-refractivity contribution in [1.29, 1.82) is 5.26 Å². The van der Waals surface area contributed by atoms with Crippen molar-refractivity contribution in [2.24, 2.45) is 7.05 Å².